The summed E-state index contributed by atoms with van der Waals surface area (Å²) < 4.78 is 13.0. The number of amides is 8. The molecule has 4 aromatic carbocycles. The first-order chi connectivity index (χ1) is 49.9. The summed E-state index contributed by atoms with van der Waals surface area (Å²) in [5, 5.41) is 24.4. The van der Waals surface area contributed by atoms with Crippen LogP contribution in [0.3, 0.4) is 0 Å². The number of urea groups is 2. The number of nitrogens with zero attached hydrogens (tertiary/aromatic N) is 7. The van der Waals surface area contributed by atoms with Gasteiger partial charge in [0, 0.05) is 98.7 Å². The van der Waals surface area contributed by atoms with Crippen molar-refractivity contribution in [2.45, 2.75) is 180 Å². The van der Waals surface area contributed by atoms with E-state index in [-0.39, 0.29) is 99.1 Å². The largest absolute Gasteiger partial charge is 0.444 e. The number of hydrogen-bond donors (Lipinski definition) is 7. The number of alkyl carbamates (subject to hydrolysis) is 2. The lowest BCUT2D eigenvalue weighted by molar-refractivity contribution is -0.124. The Morgan fingerprint density at radius 3 is 1.15 bits per heavy atom. The van der Waals surface area contributed by atoms with E-state index in [0.717, 1.165) is 53.4 Å². The number of rotatable bonds is 38. The molecule has 9 aromatic rings. The van der Waals surface area contributed by atoms with Gasteiger partial charge in [-0.05, 0) is 110 Å². The first-order valence-electron chi connectivity index (χ1n) is 34.7. The molecule has 0 saturated carbocycles. The van der Waals surface area contributed by atoms with Crippen LogP contribution in [-0.2, 0) is 77.6 Å². The molecule has 0 aliphatic heterocycles. The van der Waals surface area contributed by atoms with E-state index < -0.39 is 24.3 Å². The molecule has 0 aliphatic rings. The van der Waals surface area contributed by atoms with Gasteiger partial charge in [-0.25, -0.2) is 34.0 Å². The van der Waals surface area contributed by atoms with Crippen molar-refractivity contribution in [2.24, 2.45) is 0 Å². The number of nitrogens with one attached hydrogen (secondary N) is 7. The lowest BCUT2D eigenvalue weighted by Gasteiger charge is -2.27. The first kappa shape index (κ1) is 85.6. The summed E-state index contributed by atoms with van der Waals surface area (Å²) >= 11 is 11.8. The molecule has 5 heterocycles. The molecule has 9 rings (SSSR count). The number of hydrogen-bond acceptors (Lipinski definition) is 17. The maximum atomic E-state index is 14.2. The van der Waals surface area contributed by atoms with Crippen LogP contribution in [0.2, 0.25) is 0 Å². The monoisotopic (exact) mass is 1640 g/mol. The van der Waals surface area contributed by atoms with Gasteiger partial charge in [0.15, 0.2) is 0 Å². The van der Waals surface area contributed by atoms with Crippen LogP contribution in [0.4, 0.5) is 19.2 Å². The molecule has 0 fully saturated rings. The van der Waals surface area contributed by atoms with E-state index in [1.165, 1.54) is 27.6 Å². The van der Waals surface area contributed by atoms with Crippen molar-refractivity contribution < 1.29 is 38.2 Å². The molecule has 22 nitrogen and oxygen atoms in total. The van der Waals surface area contributed by atoms with Crippen molar-refractivity contribution in [1.82, 2.24) is 71.0 Å². The lowest BCUT2D eigenvalue weighted by Crippen LogP contribution is -2.53. The smallest absolute Gasteiger partial charge is 0.407 e. The number of aryl methyl sites for hydroxylation is 1. The summed E-state index contributed by atoms with van der Waals surface area (Å²) in [6.07, 6.45) is 11.5. The number of aromatic nitrogens is 5. The van der Waals surface area contributed by atoms with Crippen LogP contribution < -0.4 is 36.7 Å². The van der Waals surface area contributed by atoms with Gasteiger partial charge in [-0.1, -0.05) is 156 Å². The Balaban J connectivity index is 0.000000324. The summed E-state index contributed by atoms with van der Waals surface area (Å²) in [5.74, 6) is 0.0464. The predicted octanol–water partition coefficient (Wildman–Crippen LogP) is 14.8. The van der Waals surface area contributed by atoms with E-state index in [2.05, 4.69) is 84.4 Å². The van der Waals surface area contributed by atoms with Crippen molar-refractivity contribution in [3.8, 4) is 0 Å². The van der Waals surface area contributed by atoms with Crippen LogP contribution in [0.15, 0.2) is 180 Å². The SMILES string of the molecule is C.CC(C)c1nc(CN(C)C(=O)N[C@@H](CCNCl)C(=O)N[C@H](CC[C@H](Cc2ccccc2)NC(=O)OCc2cncs2)Cc2ccccc2)cs1.CC(C)c1nc(CN(C)C(=O)N[C@@H](CCn2cccc2)C(=O)N[C@H](CC[C@H](Cc2ccccc2)NC(=O)OCc2cncs2)Cc2ccccc2)cs1.I. The second-order valence-electron chi connectivity index (χ2n) is 25.9. The number of halogens is 2. The molecular formula is C77H100ClIN14O8S4. The molecule has 0 spiro atoms. The summed E-state index contributed by atoms with van der Waals surface area (Å²) in [6, 6.07) is 40.3. The topological polar surface area (TPSA) is 268 Å². The zero-order valence-corrected chi connectivity index (χ0v) is 65.9. The summed E-state index contributed by atoms with van der Waals surface area (Å²) in [4.78, 5) is 105. The van der Waals surface area contributed by atoms with E-state index in [4.69, 9.17) is 21.3 Å². The maximum absolute atomic E-state index is 14.2. The predicted molar refractivity (Wildman–Crippen MR) is 431 cm³/mol. The third-order valence-corrected chi connectivity index (χ3v) is 20.8. The average Bonchev–Trinajstić information content (AvgIpc) is 0.934. The third kappa shape index (κ3) is 31.3. The van der Waals surface area contributed by atoms with E-state index in [0.29, 0.717) is 95.8 Å². The van der Waals surface area contributed by atoms with Gasteiger partial charge in [-0.3, -0.25) is 19.6 Å². The fourth-order valence-corrected chi connectivity index (χ4v) is 14.0. The molecule has 7 N–H and O–H groups in total. The second-order valence-corrected chi connectivity index (χ2v) is 29.8. The number of carbonyl (C=O) groups excluding carboxylic acids is 6. The van der Waals surface area contributed by atoms with Gasteiger partial charge >= 0.3 is 24.2 Å². The van der Waals surface area contributed by atoms with Crippen molar-refractivity contribution in [1.29, 1.82) is 0 Å². The highest BCUT2D eigenvalue weighted by molar-refractivity contribution is 14.0. The molecule has 0 unspecified atom stereocenters. The fourth-order valence-electron chi connectivity index (χ4n) is 11.2. The molecule has 6 atom stereocenters. The third-order valence-electron chi connectivity index (χ3n) is 16.7. The molecule has 564 valence electrons. The van der Waals surface area contributed by atoms with Gasteiger partial charge in [-0.15, -0.1) is 69.3 Å². The molecule has 0 radical (unpaired) electrons. The van der Waals surface area contributed by atoms with Gasteiger partial charge in [0.1, 0.15) is 25.3 Å². The van der Waals surface area contributed by atoms with Crippen molar-refractivity contribution in [3.05, 3.63) is 233 Å². The minimum atomic E-state index is -0.837. The fraction of sp³-hybridized carbons (Fsp3) is 0.403. The number of benzene rings is 4. The highest BCUT2D eigenvalue weighted by Gasteiger charge is 2.29. The van der Waals surface area contributed by atoms with Gasteiger partial charge in [0.25, 0.3) is 0 Å². The first-order valence-corrected chi connectivity index (χ1v) is 38.5. The zero-order valence-electron chi connectivity index (χ0n) is 59.6. The minimum Gasteiger partial charge on any atom is -0.444 e. The van der Waals surface area contributed by atoms with E-state index in [1.54, 1.807) is 65.1 Å². The highest BCUT2D eigenvalue weighted by atomic mass is 127. The zero-order chi connectivity index (χ0) is 73.1. The Morgan fingerprint density at radius 2 is 0.829 bits per heavy atom. The lowest BCUT2D eigenvalue weighted by atomic mass is 9.95. The summed E-state index contributed by atoms with van der Waals surface area (Å²) in [7, 11) is 3.39. The molecular weight excluding hydrogens is 1540 g/mol. The Labute approximate surface area is 655 Å². The van der Waals surface area contributed by atoms with Crippen LogP contribution in [0.25, 0.3) is 0 Å². The van der Waals surface area contributed by atoms with Crippen LogP contribution in [0.5, 0.6) is 0 Å². The van der Waals surface area contributed by atoms with E-state index in [1.807, 2.05) is 161 Å². The molecule has 0 bridgehead atoms. The average molecular weight is 1640 g/mol. The van der Waals surface area contributed by atoms with E-state index >= 15 is 0 Å². The number of thiazole rings is 4. The molecule has 28 heteroatoms. The summed E-state index contributed by atoms with van der Waals surface area (Å²) in [5.41, 5.74) is 9.30. The standard InChI is InChI=1S/C40H49N7O4S2.C36H46ClN7O4S2.CH4.HI/c1-29(2)38-43-34(27-52-38)25-46(3)39(49)45-36(18-21-47-19-10-11-20-47)37(48)42-32(22-30-12-6-4-7-13-30)16-17-33(23-31-14-8-5-9-15-31)44-40(50)51-26-35-24-41-28-53-35;1-25(2)34-41-30(23-49-34)21-44(3)35(46)43-32(16-17-39-37)33(45)40-28(18-26-10-6-4-7-11-26)14-15-29(19-27-12-8-5-9-13-27)42-36(47)48-22-31-20-38-24-50-31;;/h4-15,19-20,24,27-29,32-33,36H,16-18,21-23,25-26H2,1-3H3,(H,42,48)(H,44,50)(H,45,49);4-13,20,23-25,28-29,32,39H,14-19,21-22H2,1-3H3,(H,40,45)(H,42,47)(H,43,46);1H4;1H/t32-,33-,36+;28-,29-,32+;;/m11../s1. The number of carbonyl (C=O) groups is 6. The van der Waals surface area contributed by atoms with Gasteiger partial charge in [0.2, 0.25) is 11.8 Å². The van der Waals surface area contributed by atoms with Crippen LogP contribution in [0, 0.1) is 0 Å². The molecule has 5 aromatic heterocycles. The Kier molecular flexibility index (Phi) is 38.0. The van der Waals surface area contributed by atoms with E-state index in [9.17, 15) is 28.8 Å². The molecule has 8 amide bonds. The Morgan fingerprint density at radius 1 is 0.476 bits per heavy atom. The Hall–Kier alpha value is -8.32. The van der Waals surface area contributed by atoms with Gasteiger partial charge in [-0.2, -0.15) is 0 Å². The number of ether oxygens (including phenoxy) is 2. The second kappa shape index (κ2) is 46.6. The normalized spacial score (nSPS) is 12.6. The van der Waals surface area contributed by atoms with Crippen molar-refractivity contribution in [3.63, 3.8) is 0 Å². The van der Waals surface area contributed by atoms with Crippen molar-refractivity contribution >= 4 is 117 Å². The van der Waals surface area contributed by atoms with Crippen LogP contribution >= 0.6 is 81.1 Å². The minimum absolute atomic E-state index is 0. The van der Waals surface area contributed by atoms with Crippen molar-refractivity contribution in [2.75, 3.05) is 20.6 Å². The van der Waals surface area contributed by atoms with Crippen LogP contribution in [0.1, 0.15) is 139 Å². The van der Waals surface area contributed by atoms with Crippen LogP contribution in [-0.4, -0.2) is 127 Å². The quantitative estimate of drug-likeness (QED) is 0.0140. The molecule has 105 heavy (non-hydrogen) atoms. The molecule has 0 aliphatic carbocycles. The van der Waals surface area contributed by atoms with Gasteiger partial charge < -0.3 is 55.7 Å². The summed E-state index contributed by atoms with van der Waals surface area (Å²) in [6.45, 7) is 10.2. The Bertz CT molecular complexity index is 3920. The van der Waals surface area contributed by atoms with Gasteiger partial charge in [0.05, 0.1) is 55.3 Å². The highest BCUT2D eigenvalue weighted by Crippen LogP contribution is 2.23. The maximum Gasteiger partial charge on any atom is 0.407 e. The molecule has 0 saturated heterocycles.